The molecule has 0 spiro atoms. The van der Waals surface area contributed by atoms with Gasteiger partial charge in [-0.1, -0.05) is 38.6 Å². The van der Waals surface area contributed by atoms with E-state index >= 15 is 0 Å². The number of halogens is 52. The third-order valence-electron chi connectivity index (χ3n) is 3.31. The zero-order chi connectivity index (χ0) is 68.7. The third-order valence-corrected chi connectivity index (χ3v) is 3.31. The predicted octanol–water partition coefficient (Wildman–Crippen LogP) is 24.8. The third kappa shape index (κ3) is 424. The minimum atomic E-state index is -0.837. The fraction of sp³-hybridized carbons (Fsp3) is 0.278. The smallest absolute Gasteiger partial charge is 0.296 e. The Hall–Kier alpha value is -3.92. The molecule has 58 heteroatoms. The van der Waals surface area contributed by atoms with Crippen LogP contribution in [0, 0.1) is 26.0 Å². The van der Waals surface area contributed by atoms with Crippen LogP contribution in [-0.4, -0.2) is 11.1 Å². The molecule has 0 atom stereocenters. The maximum absolute atomic E-state index is 10.4. The Labute approximate surface area is 433 Å². The first-order valence-electron chi connectivity index (χ1n) is 10.8. The molecule has 0 aliphatic heterocycles. The van der Waals surface area contributed by atoms with E-state index in [0.29, 0.717) is 5.69 Å². The molecular formula is C18H22F52N2O2Y2-2. The maximum atomic E-state index is 10.4. The van der Waals surface area contributed by atoms with E-state index in [9.17, 15) is 4.79 Å². The second-order valence-electron chi connectivity index (χ2n) is 5.12. The average Bonchev–Trinajstić information content (AvgIpc) is 3.56. The van der Waals surface area contributed by atoms with Crippen LogP contribution < -0.4 is 11.5 Å². The van der Waals surface area contributed by atoms with Crippen molar-refractivity contribution in [3.63, 3.8) is 0 Å². The minimum absolute atomic E-state index is 0. The van der Waals surface area contributed by atoms with Gasteiger partial charge in [0.05, 0.1) is 0 Å². The van der Waals surface area contributed by atoms with Gasteiger partial charge < -0.3 is 16.6 Å². The van der Waals surface area contributed by atoms with Crippen molar-refractivity contribution in [3.05, 3.63) is 58.7 Å². The summed E-state index contributed by atoms with van der Waals surface area (Å²) < 4.78 is 416. The molecule has 0 heterocycles. The number of nitrogens with two attached hydrogens (primary N) is 2. The summed E-state index contributed by atoms with van der Waals surface area (Å²) in [5.74, 6) is -0.837. The predicted molar refractivity (Wildman–Crippen MR) is 147 cm³/mol. The molecule has 76 heavy (non-hydrogen) atoms. The van der Waals surface area contributed by atoms with Crippen LogP contribution in [0.15, 0.2) is 24.3 Å². The number of carboxylic acids is 1. The summed E-state index contributed by atoms with van der Waals surface area (Å²) in [6.45, 7) is 6.04. The Morgan fingerprint density at radius 3 is 0.579 bits per heavy atom. The quantitative estimate of drug-likeness (QED) is 0.162. The number of nitrogen functional groups attached to an aromatic ring is 2. The van der Waals surface area contributed by atoms with Gasteiger partial charge in [-0.05, 0) is 0 Å². The number of aliphatic carboxylic acids is 1. The number of hydrogen-bond donors (Lipinski definition) is 3. The fourth-order valence-corrected chi connectivity index (χ4v) is 2.04. The van der Waals surface area contributed by atoms with Crippen LogP contribution in [0.2, 0.25) is 0 Å². The fourth-order valence-electron chi connectivity index (χ4n) is 2.04. The summed E-state index contributed by atoms with van der Waals surface area (Å²) in [5.41, 5.74) is 16.5. The van der Waals surface area contributed by atoms with Gasteiger partial charge in [-0.3, -0.25) is 4.79 Å². The molecule has 0 saturated heterocycles. The molecule has 0 aromatic heterocycles. The standard InChI is InChI=1S/C9H10NO2.C9H12N.26F2.2Y/c1-6-4-8(10)3-2-7(6)5-9(11)12;1-3-8-4-5-9(10)6-7(8)2;26*1-2;;/h2,4H,5,10H2,1H3,(H,11,12);4,6H,3,10H2,1-2H3;;;;;;;;;;;;;;;;;;;;;;;;;;;;/q2*-1;;;;;;;;;;;;;;;;;;;;;;;;;;;;. The summed E-state index contributed by atoms with van der Waals surface area (Å²) >= 11 is 0. The van der Waals surface area contributed by atoms with Crippen molar-refractivity contribution >= 4 is 17.3 Å². The first kappa shape index (κ1) is 187. The van der Waals surface area contributed by atoms with E-state index in [1.54, 1.807) is 12.1 Å². The molecule has 488 valence electrons. The van der Waals surface area contributed by atoms with E-state index in [2.05, 4.69) is 26.0 Å². The Morgan fingerprint density at radius 1 is 0.342 bits per heavy atom. The van der Waals surface area contributed by atoms with Crippen LogP contribution in [0.5, 0.6) is 0 Å². The Morgan fingerprint density at radius 2 is 0.474 bits per heavy atom. The van der Waals surface area contributed by atoms with Crippen molar-refractivity contribution in [1.82, 2.24) is 0 Å². The van der Waals surface area contributed by atoms with Gasteiger partial charge in [-0.25, -0.2) is 0 Å². The zero-order valence-electron chi connectivity index (χ0n) is 34.0. The Balaban J connectivity index is -0.0000000127. The first-order valence-corrected chi connectivity index (χ1v) is 10.8. The Bertz CT molecular complexity index is 730. The van der Waals surface area contributed by atoms with Gasteiger partial charge in [-0.2, -0.15) is 41.0 Å². The van der Waals surface area contributed by atoms with Gasteiger partial charge in [0, 0.05) is 310 Å². The zero-order valence-corrected chi connectivity index (χ0v) is 39.7. The first-order chi connectivity index (χ1) is 36.3. The molecule has 0 bridgehead atoms. The SMILES string of the molecule is CCc1c[c-]c(N)cc1C.Cc1cc(N)[c-]cc1CC(=O)O.FF.FF.FF.FF.FF.FF.FF.FF.FF.FF.FF.FF.FF.FF.FF.FF.FF.FF.FF.FF.FF.FF.FF.FF.FF.FF.[Y].[Y]. The number of benzene rings is 2. The number of rotatable bonds is 3. The number of anilines is 2. The van der Waals surface area contributed by atoms with Crippen LogP contribution in [0.3, 0.4) is 0 Å². The van der Waals surface area contributed by atoms with E-state index in [1.165, 1.54) is 11.1 Å². The summed E-state index contributed by atoms with van der Waals surface area (Å²) in [5, 5.41) is 8.52. The second-order valence-corrected chi connectivity index (χ2v) is 5.12. The van der Waals surface area contributed by atoms with E-state index in [-0.39, 0.29) is 71.8 Å². The molecule has 0 aliphatic carbocycles. The summed E-state index contributed by atoms with van der Waals surface area (Å²) in [4.78, 5) is 10.4. The minimum Gasteiger partial charge on any atom is -0.482 e. The van der Waals surface area contributed by atoms with E-state index in [4.69, 9.17) is 254 Å². The van der Waals surface area contributed by atoms with Gasteiger partial charge in [-0.15, -0.1) is 17.7 Å². The molecule has 0 aliphatic rings. The molecule has 2 aromatic carbocycles. The molecular weight excluding hydrogens is 1440 g/mol. The summed E-state index contributed by atoms with van der Waals surface area (Å²) in [6.07, 6.45) is 1.09. The molecule has 0 fully saturated rings. The van der Waals surface area contributed by atoms with Gasteiger partial charge in [0.1, 0.15) is 0 Å². The maximum Gasteiger partial charge on any atom is 0.296 e. The van der Waals surface area contributed by atoms with E-state index in [1.807, 2.05) is 19.1 Å². The molecule has 0 unspecified atom stereocenters. The second kappa shape index (κ2) is 555. The van der Waals surface area contributed by atoms with E-state index < -0.39 is 5.97 Å². The largest absolute Gasteiger partial charge is 0.482 e. The van der Waals surface area contributed by atoms with Crippen molar-refractivity contribution in [3.8, 4) is 0 Å². The molecule has 2 aromatic rings. The number of hydrogen-bond acceptors (Lipinski definition) is 3. The topological polar surface area (TPSA) is 89.3 Å². The molecule has 0 saturated carbocycles. The van der Waals surface area contributed by atoms with Crippen molar-refractivity contribution in [2.45, 2.75) is 33.6 Å². The van der Waals surface area contributed by atoms with Crippen LogP contribution in [0.4, 0.5) is 249 Å². The monoisotopic (exact) mass is 1460 g/mol. The van der Waals surface area contributed by atoms with Crippen LogP contribution >= 0.6 is 0 Å². The van der Waals surface area contributed by atoms with Crippen molar-refractivity contribution in [2.75, 3.05) is 11.5 Å². The van der Waals surface area contributed by atoms with Crippen LogP contribution in [0.1, 0.15) is 29.2 Å². The normalized spacial score (nSPS) is 4.88. The molecule has 5 N–H and O–H groups in total. The number of aryl methyl sites for hydroxylation is 3. The van der Waals surface area contributed by atoms with E-state index in [0.717, 1.165) is 23.2 Å². The Kier molecular flexibility index (Phi) is 1370. The van der Waals surface area contributed by atoms with Crippen molar-refractivity contribution in [2.24, 2.45) is 0 Å². The van der Waals surface area contributed by atoms with Crippen LogP contribution in [-0.2, 0) is 83.1 Å². The van der Waals surface area contributed by atoms with Gasteiger partial charge in [0.15, 0.2) is 0 Å². The molecule has 2 rings (SSSR count). The van der Waals surface area contributed by atoms with Gasteiger partial charge >= 0.3 is 0 Å². The summed E-state index contributed by atoms with van der Waals surface area (Å²) in [6, 6.07) is 13.0. The molecule has 0 amide bonds. The van der Waals surface area contributed by atoms with Gasteiger partial charge in [0.25, 0.3) is 5.97 Å². The average molecular weight is 1460 g/mol. The molecule has 4 nitrogen and oxygen atoms in total. The van der Waals surface area contributed by atoms with Crippen molar-refractivity contribution in [1.29, 1.82) is 0 Å². The van der Waals surface area contributed by atoms with Crippen molar-refractivity contribution < 1.29 is 313 Å². The summed E-state index contributed by atoms with van der Waals surface area (Å²) in [7, 11) is 0. The van der Waals surface area contributed by atoms with Crippen LogP contribution in [0.25, 0.3) is 0 Å². The van der Waals surface area contributed by atoms with Gasteiger partial charge in [0.2, 0.25) is 0 Å². The number of carbonyl (C=O) groups is 1. The molecule has 2 radical (unpaired) electrons. The number of carboxylic acid groups (broad SMARTS) is 1.